The molecule has 0 bridgehead atoms. The van der Waals surface area contributed by atoms with Crippen LogP contribution in [0.5, 0.6) is 0 Å². The van der Waals surface area contributed by atoms with Gasteiger partial charge in [0, 0.05) is 11.9 Å². The molecular formula is C13H17N3O2S. The Bertz CT molecular complexity index is 601. The molecule has 2 heterocycles. The quantitative estimate of drug-likeness (QED) is 0.883. The second-order valence-electron chi connectivity index (χ2n) is 4.31. The molecule has 2 N–H and O–H groups in total. The number of hydrogen-bond donors (Lipinski definition) is 2. The number of hydrogen-bond acceptors (Lipinski definition) is 4. The van der Waals surface area contributed by atoms with E-state index in [1.807, 2.05) is 0 Å². The lowest BCUT2D eigenvalue weighted by molar-refractivity contribution is 0.0697. The third-order valence-corrected chi connectivity index (χ3v) is 4.03. The molecule has 0 spiro atoms. The maximum atomic E-state index is 11.2. The van der Waals surface area contributed by atoms with Crippen LogP contribution in [0.15, 0.2) is 11.4 Å². The zero-order valence-electron chi connectivity index (χ0n) is 11.2. The van der Waals surface area contributed by atoms with E-state index >= 15 is 0 Å². The molecular weight excluding hydrogens is 262 g/mol. The van der Waals surface area contributed by atoms with E-state index in [-0.39, 0.29) is 5.56 Å². The van der Waals surface area contributed by atoms with E-state index < -0.39 is 5.97 Å². The summed E-state index contributed by atoms with van der Waals surface area (Å²) >= 11 is 1.68. The molecule has 0 aliphatic heterocycles. The van der Waals surface area contributed by atoms with Crippen molar-refractivity contribution >= 4 is 23.1 Å². The molecule has 0 saturated carbocycles. The first-order chi connectivity index (χ1) is 9.04. The number of aromatic nitrogens is 2. The molecule has 0 fully saturated rings. The molecule has 0 unspecified atom stereocenters. The van der Waals surface area contributed by atoms with Crippen molar-refractivity contribution in [3.8, 4) is 0 Å². The summed E-state index contributed by atoms with van der Waals surface area (Å²) in [6.45, 7) is 4.44. The van der Waals surface area contributed by atoms with Gasteiger partial charge in [-0.2, -0.15) is 5.10 Å². The molecule has 0 amide bonds. The van der Waals surface area contributed by atoms with E-state index in [0.717, 1.165) is 6.42 Å². The fourth-order valence-corrected chi connectivity index (χ4v) is 3.03. The molecule has 5 nitrogen and oxygen atoms in total. The molecule has 0 saturated heterocycles. The Balaban J connectivity index is 2.22. The van der Waals surface area contributed by atoms with Gasteiger partial charge in [-0.1, -0.05) is 6.92 Å². The summed E-state index contributed by atoms with van der Waals surface area (Å²) in [4.78, 5) is 12.5. The van der Waals surface area contributed by atoms with Gasteiger partial charge in [0.15, 0.2) is 0 Å². The summed E-state index contributed by atoms with van der Waals surface area (Å²) in [6, 6.07) is 2.11. The number of rotatable bonds is 5. The smallest absolute Gasteiger partial charge is 0.341 e. The number of thiophene rings is 1. The average Bonchev–Trinajstić information content (AvgIpc) is 2.90. The number of carboxylic acid groups (broad SMARTS) is 1. The minimum atomic E-state index is -0.949. The molecule has 102 valence electrons. The Morgan fingerprint density at radius 1 is 1.58 bits per heavy atom. The van der Waals surface area contributed by atoms with Crippen LogP contribution in [-0.2, 0) is 20.0 Å². The normalized spacial score (nSPS) is 10.7. The lowest BCUT2D eigenvalue weighted by Crippen LogP contribution is -2.09. The highest BCUT2D eigenvalue weighted by molar-refractivity contribution is 7.10. The summed E-state index contributed by atoms with van der Waals surface area (Å²) in [5.74, 6) is -0.393. The van der Waals surface area contributed by atoms with Gasteiger partial charge in [-0.3, -0.25) is 4.68 Å². The third kappa shape index (κ3) is 2.63. The van der Waals surface area contributed by atoms with Gasteiger partial charge >= 0.3 is 5.97 Å². The van der Waals surface area contributed by atoms with Crippen LogP contribution in [0.25, 0.3) is 0 Å². The number of nitrogens with one attached hydrogen (secondary N) is 1. The summed E-state index contributed by atoms with van der Waals surface area (Å²) in [5, 5.41) is 18.6. The largest absolute Gasteiger partial charge is 0.477 e. The second-order valence-corrected chi connectivity index (χ2v) is 5.31. The van der Waals surface area contributed by atoms with Crippen molar-refractivity contribution < 1.29 is 9.90 Å². The number of carboxylic acids is 1. The van der Waals surface area contributed by atoms with Crippen LogP contribution in [0.2, 0.25) is 0 Å². The van der Waals surface area contributed by atoms with Crippen molar-refractivity contribution in [2.24, 2.45) is 7.05 Å². The predicted molar refractivity (Wildman–Crippen MR) is 75.9 cm³/mol. The minimum Gasteiger partial charge on any atom is -0.477 e. The highest BCUT2D eigenvalue weighted by Gasteiger charge is 2.19. The van der Waals surface area contributed by atoms with Crippen LogP contribution in [0.1, 0.15) is 33.4 Å². The van der Waals surface area contributed by atoms with Gasteiger partial charge in [-0.15, -0.1) is 11.3 Å². The Morgan fingerprint density at radius 2 is 2.32 bits per heavy atom. The molecule has 6 heteroatoms. The van der Waals surface area contributed by atoms with Gasteiger partial charge in [0.05, 0.1) is 12.2 Å². The fourth-order valence-electron chi connectivity index (χ4n) is 2.12. The molecule has 2 aromatic heterocycles. The first kappa shape index (κ1) is 13.6. The van der Waals surface area contributed by atoms with Crippen LogP contribution in [0.3, 0.4) is 0 Å². The topological polar surface area (TPSA) is 67.2 Å². The number of nitrogens with zero attached hydrogens (tertiary/aromatic N) is 2. The van der Waals surface area contributed by atoms with Crippen molar-refractivity contribution in [2.75, 3.05) is 5.32 Å². The van der Waals surface area contributed by atoms with E-state index in [9.17, 15) is 9.90 Å². The lowest BCUT2D eigenvalue weighted by atomic mass is 10.2. The zero-order chi connectivity index (χ0) is 14.0. The molecule has 2 rings (SSSR count). The van der Waals surface area contributed by atoms with Crippen LogP contribution >= 0.6 is 11.3 Å². The van der Waals surface area contributed by atoms with Crippen LogP contribution in [-0.4, -0.2) is 20.9 Å². The van der Waals surface area contributed by atoms with Crippen LogP contribution in [0, 0.1) is 6.92 Å². The summed E-state index contributed by atoms with van der Waals surface area (Å²) in [7, 11) is 1.75. The Labute approximate surface area is 115 Å². The molecule has 0 aliphatic carbocycles. The van der Waals surface area contributed by atoms with Crippen LogP contribution < -0.4 is 5.32 Å². The van der Waals surface area contributed by atoms with E-state index in [1.165, 1.54) is 10.4 Å². The third-order valence-electron chi connectivity index (χ3n) is 3.07. The molecule has 19 heavy (non-hydrogen) atoms. The standard InChI is InChI=1S/C13H17N3O2S/c1-4-9-5-6-19-10(9)7-14-12-11(13(17)18)8(2)15-16(12)3/h5-6,14H,4,7H2,1-3H3,(H,17,18). The van der Waals surface area contributed by atoms with E-state index in [4.69, 9.17) is 0 Å². The van der Waals surface area contributed by atoms with E-state index in [2.05, 4.69) is 28.8 Å². The maximum Gasteiger partial charge on any atom is 0.341 e. The summed E-state index contributed by atoms with van der Waals surface area (Å²) < 4.78 is 1.58. The van der Waals surface area contributed by atoms with Gasteiger partial charge < -0.3 is 10.4 Å². The van der Waals surface area contributed by atoms with Gasteiger partial charge in [0.1, 0.15) is 11.4 Å². The maximum absolute atomic E-state index is 11.2. The lowest BCUT2D eigenvalue weighted by Gasteiger charge is -2.08. The van der Waals surface area contributed by atoms with Crippen molar-refractivity contribution in [2.45, 2.75) is 26.8 Å². The SMILES string of the molecule is CCc1ccsc1CNc1c(C(=O)O)c(C)nn1C. The molecule has 0 atom stereocenters. The molecule has 0 aromatic carbocycles. The molecule has 0 radical (unpaired) electrons. The number of anilines is 1. The van der Waals surface area contributed by atoms with Crippen molar-refractivity contribution in [1.29, 1.82) is 0 Å². The second kappa shape index (κ2) is 5.44. The molecule has 2 aromatic rings. The fraction of sp³-hybridized carbons (Fsp3) is 0.385. The molecule has 0 aliphatic rings. The number of carbonyl (C=O) groups is 1. The highest BCUT2D eigenvalue weighted by atomic mass is 32.1. The Morgan fingerprint density at radius 3 is 2.95 bits per heavy atom. The van der Waals surface area contributed by atoms with Gasteiger partial charge in [-0.05, 0) is 30.4 Å². The Kier molecular flexibility index (Phi) is 3.90. The van der Waals surface area contributed by atoms with Gasteiger partial charge in [-0.25, -0.2) is 4.79 Å². The van der Waals surface area contributed by atoms with Gasteiger partial charge in [0.25, 0.3) is 0 Å². The summed E-state index contributed by atoms with van der Waals surface area (Å²) in [5.41, 5.74) is 2.07. The Hall–Kier alpha value is -1.82. The van der Waals surface area contributed by atoms with Crippen LogP contribution in [0.4, 0.5) is 5.82 Å². The number of aromatic carboxylic acids is 1. The predicted octanol–water partition coefficient (Wildman–Crippen LogP) is 2.66. The first-order valence-corrected chi connectivity index (χ1v) is 6.98. The van der Waals surface area contributed by atoms with Gasteiger partial charge in [0.2, 0.25) is 0 Å². The van der Waals surface area contributed by atoms with Crippen molar-refractivity contribution in [1.82, 2.24) is 9.78 Å². The average molecular weight is 279 g/mol. The minimum absolute atomic E-state index is 0.247. The van der Waals surface area contributed by atoms with Crippen molar-refractivity contribution in [3.63, 3.8) is 0 Å². The van der Waals surface area contributed by atoms with E-state index in [0.29, 0.717) is 18.1 Å². The highest BCUT2D eigenvalue weighted by Crippen LogP contribution is 2.22. The monoisotopic (exact) mass is 279 g/mol. The number of aryl methyl sites for hydroxylation is 3. The first-order valence-electron chi connectivity index (χ1n) is 6.10. The summed E-state index contributed by atoms with van der Waals surface area (Å²) in [6.07, 6.45) is 0.983. The van der Waals surface area contributed by atoms with E-state index in [1.54, 1.807) is 30.0 Å². The zero-order valence-corrected chi connectivity index (χ0v) is 12.0. The van der Waals surface area contributed by atoms with Crippen molar-refractivity contribution in [3.05, 3.63) is 33.1 Å².